The normalized spacial score (nSPS) is 12.3. The first-order valence-corrected chi connectivity index (χ1v) is 7.25. The number of hydrogen-bond donors (Lipinski definition) is 1. The molecule has 0 aliphatic heterocycles. The van der Waals surface area contributed by atoms with E-state index < -0.39 is 0 Å². The molecule has 0 unspecified atom stereocenters. The van der Waals surface area contributed by atoms with Crippen molar-refractivity contribution in [3.8, 4) is 0 Å². The highest BCUT2D eigenvalue weighted by Gasteiger charge is 2.20. The molecule has 0 bridgehead atoms. The van der Waals surface area contributed by atoms with Crippen molar-refractivity contribution in [2.75, 3.05) is 6.61 Å². The summed E-state index contributed by atoms with van der Waals surface area (Å²) in [6.45, 7) is 7.23. The lowest BCUT2D eigenvalue weighted by molar-refractivity contribution is -0.0219. The number of aromatic nitrogens is 2. The summed E-state index contributed by atoms with van der Waals surface area (Å²) in [6.07, 6.45) is 0. The fourth-order valence-corrected chi connectivity index (χ4v) is 2.73. The van der Waals surface area contributed by atoms with Crippen molar-refractivity contribution in [1.29, 1.82) is 0 Å². The van der Waals surface area contributed by atoms with Crippen LogP contribution in [0.5, 0.6) is 0 Å². The number of rotatable bonds is 4. The Hall–Kier alpha value is -0.720. The van der Waals surface area contributed by atoms with Crippen LogP contribution in [-0.2, 0) is 11.3 Å². The average Bonchev–Trinajstić information content (AvgIpc) is 2.56. The Balaban J connectivity index is 2.51. The van der Waals surface area contributed by atoms with E-state index in [4.69, 9.17) is 17.0 Å². The van der Waals surface area contributed by atoms with Gasteiger partial charge in [0.15, 0.2) is 4.77 Å². The van der Waals surface area contributed by atoms with Crippen LogP contribution in [0, 0.1) is 10.6 Å². The fraction of sp³-hybridized carbons (Fsp3) is 0.462. The lowest BCUT2D eigenvalue weighted by atomic mass is 10.1. The molecule has 2 aromatic rings. The third kappa shape index (κ3) is 3.07. The van der Waals surface area contributed by atoms with Gasteiger partial charge in [-0.3, -0.25) is 0 Å². The Morgan fingerprint density at radius 3 is 2.79 bits per heavy atom. The van der Waals surface area contributed by atoms with Crippen LogP contribution in [0.4, 0.5) is 4.39 Å². The van der Waals surface area contributed by atoms with Gasteiger partial charge in [-0.05, 0) is 55.0 Å². The third-order valence-electron chi connectivity index (χ3n) is 2.89. The molecular formula is C13H16BrFN2OS. The second kappa shape index (κ2) is 5.34. The fourth-order valence-electron chi connectivity index (χ4n) is 2.13. The molecule has 6 heteroatoms. The molecule has 1 aromatic carbocycles. The van der Waals surface area contributed by atoms with Crippen LogP contribution < -0.4 is 0 Å². The quantitative estimate of drug-likeness (QED) is 0.830. The topological polar surface area (TPSA) is 29.9 Å². The lowest BCUT2D eigenvalue weighted by Gasteiger charge is -2.25. The van der Waals surface area contributed by atoms with Gasteiger partial charge in [-0.25, -0.2) is 4.39 Å². The van der Waals surface area contributed by atoms with E-state index in [9.17, 15) is 4.39 Å². The van der Waals surface area contributed by atoms with Crippen molar-refractivity contribution >= 4 is 39.2 Å². The lowest BCUT2D eigenvalue weighted by Crippen LogP contribution is -2.30. The van der Waals surface area contributed by atoms with E-state index >= 15 is 0 Å². The zero-order chi connectivity index (χ0) is 14.2. The summed E-state index contributed by atoms with van der Waals surface area (Å²) >= 11 is 8.51. The summed E-state index contributed by atoms with van der Waals surface area (Å²) in [4.78, 5) is 3.02. The number of hydrogen-bond acceptors (Lipinski definition) is 2. The number of nitrogens with zero attached hydrogens (tertiary/aromatic N) is 1. The predicted octanol–water partition coefficient (Wildman–Crippen LogP) is 4.42. The number of imidazole rings is 1. The molecule has 0 saturated carbocycles. The van der Waals surface area contributed by atoms with Gasteiger partial charge in [0.2, 0.25) is 0 Å². The van der Waals surface area contributed by atoms with Crippen LogP contribution in [0.25, 0.3) is 11.0 Å². The Labute approximate surface area is 124 Å². The number of ether oxygens (including phenoxy) is 1. The Morgan fingerprint density at radius 2 is 2.16 bits per heavy atom. The molecular weight excluding hydrogens is 331 g/mol. The molecule has 0 fully saturated rings. The number of fused-ring (bicyclic) bond motifs is 1. The van der Waals surface area contributed by atoms with Gasteiger partial charge in [0.25, 0.3) is 0 Å². The number of aromatic amines is 1. The van der Waals surface area contributed by atoms with Crippen molar-refractivity contribution in [1.82, 2.24) is 9.55 Å². The van der Waals surface area contributed by atoms with Crippen LogP contribution in [0.15, 0.2) is 16.6 Å². The molecule has 0 aliphatic rings. The van der Waals surface area contributed by atoms with Crippen LogP contribution in [0.1, 0.15) is 20.8 Å². The van der Waals surface area contributed by atoms with E-state index in [1.807, 2.05) is 25.3 Å². The predicted molar refractivity (Wildman–Crippen MR) is 80.5 cm³/mol. The molecule has 0 aliphatic carbocycles. The summed E-state index contributed by atoms with van der Waals surface area (Å²) in [5.41, 5.74) is 1.23. The first kappa shape index (κ1) is 14.7. The summed E-state index contributed by atoms with van der Waals surface area (Å²) < 4.78 is 22.1. The van der Waals surface area contributed by atoms with Crippen molar-refractivity contribution in [2.45, 2.75) is 32.9 Å². The van der Waals surface area contributed by atoms with E-state index in [-0.39, 0.29) is 11.4 Å². The van der Waals surface area contributed by atoms with E-state index in [0.717, 1.165) is 5.52 Å². The highest BCUT2D eigenvalue weighted by Crippen LogP contribution is 2.25. The first-order chi connectivity index (χ1) is 8.84. The first-order valence-electron chi connectivity index (χ1n) is 6.05. The number of nitrogens with one attached hydrogen (secondary N) is 1. The van der Waals surface area contributed by atoms with Gasteiger partial charge in [0.1, 0.15) is 5.82 Å². The summed E-state index contributed by atoms with van der Waals surface area (Å²) in [6, 6.07) is 3.18. The molecule has 104 valence electrons. The van der Waals surface area contributed by atoms with Crippen molar-refractivity contribution in [3.05, 3.63) is 27.2 Å². The summed E-state index contributed by atoms with van der Waals surface area (Å²) in [7, 11) is 0. The Bertz CT molecular complexity index is 662. The minimum Gasteiger partial charge on any atom is -0.374 e. The maximum atomic E-state index is 13.5. The van der Waals surface area contributed by atoms with Crippen LogP contribution in [0.3, 0.4) is 0 Å². The molecule has 0 radical (unpaired) electrons. The zero-order valence-corrected chi connectivity index (χ0v) is 13.5. The zero-order valence-electron chi connectivity index (χ0n) is 11.1. The van der Waals surface area contributed by atoms with Gasteiger partial charge in [-0.15, -0.1) is 0 Å². The van der Waals surface area contributed by atoms with E-state index in [1.54, 1.807) is 6.07 Å². The Morgan fingerprint density at radius 1 is 1.47 bits per heavy atom. The van der Waals surface area contributed by atoms with Gasteiger partial charge >= 0.3 is 0 Å². The second-order valence-corrected chi connectivity index (χ2v) is 6.23. The largest absolute Gasteiger partial charge is 0.374 e. The van der Waals surface area contributed by atoms with Crippen molar-refractivity contribution < 1.29 is 9.13 Å². The third-order valence-corrected chi connectivity index (χ3v) is 3.82. The minimum atomic E-state index is -0.330. The molecule has 1 aromatic heterocycles. The second-order valence-electron chi connectivity index (χ2n) is 4.99. The van der Waals surface area contributed by atoms with Gasteiger partial charge < -0.3 is 14.3 Å². The number of H-pyrrole nitrogens is 1. The molecule has 19 heavy (non-hydrogen) atoms. The molecule has 2 rings (SSSR count). The molecule has 1 heterocycles. The SMILES string of the molecule is CCOC(C)(C)Cn1c(=S)[nH]c2cc(F)c(Br)cc21. The van der Waals surface area contributed by atoms with Gasteiger partial charge in [0.05, 0.1) is 27.7 Å². The average molecular weight is 347 g/mol. The summed E-state index contributed by atoms with van der Waals surface area (Å²) in [5.74, 6) is -0.306. The van der Waals surface area contributed by atoms with Crippen molar-refractivity contribution in [2.24, 2.45) is 0 Å². The monoisotopic (exact) mass is 346 g/mol. The van der Waals surface area contributed by atoms with Crippen LogP contribution in [0.2, 0.25) is 0 Å². The van der Waals surface area contributed by atoms with E-state index in [1.165, 1.54) is 6.07 Å². The highest BCUT2D eigenvalue weighted by molar-refractivity contribution is 9.10. The smallest absolute Gasteiger partial charge is 0.178 e. The van der Waals surface area contributed by atoms with Crippen molar-refractivity contribution in [3.63, 3.8) is 0 Å². The number of halogens is 2. The Kier molecular flexibility index (Phi) is 4.13. The number of benzene rings is 1. The maximum absolute atomic E-state index is 13.5. The van der Waals surface area contributed by atoms with E-state index in [0.29, 0.717) is 27.9 Å². The van der Waals surface area contributed by atoms with E-state index in [2.05, 4.69) is 20.9 Å². The molecule has 1 N–H and O–H groups in total. The summed E-state index contributed by atoms with van der Waals surface area (Å²) in [5, 5.41) is 0. The molecule has 0 amide bonds. The highest BCUT2D eigenvalue weighted by atomic mass is 79.9. The van der Waals surface area contributed by atoms with Gasteiger partial charge in [-0.2, -0.15) is 0 Å². The maximum Gasteiger partial charge on any atom is 0.178 e. The van der Waals surface area contributed by atoms with Gasteiger partial charge in [-0.1, -0.05) is 0 Å². The minimum absolute atomic E-state index is 0.306. The molecule has 0 atom stereocenters. The molecule has 0 spiro atoms. The van der Waals surface area contributed by atoms with Crippen LogP contribution >= 0.6 is 28.1 Å². The van der Waals surface area contributed by atoms with Crippen LogP contribution in [-0.4, -0.2) is 21.8 Å². The molecule has 0 saturated heterocycles. The van der Waals surface area contributed by atoms with Gasteiger partial charge in [0, 0.05) is 12.7 Å². The standard InChI is InChI=1S/C13H16BrFN2OS/c1-4-18-13(2,3)7-17-11-5-8(14)9(15)6-10(11)16-12(17)19/h5-6H,4,7H2,1-3H3,(H,16,19). The molecule has 3 nitrogen and oxygen atoms in total.